The zero-order valence-corrected chi connectivity index (χ0v) is 10.0. The minimum absolute atomic E-state index is 0.187. The predicted octanol–water partition coefficient (Wildman–Crippen LogP) is 2.67. The summed E-state index contributed by atoms with van der Waals surface area (Å²) in [7, 11) is 0. The van der Waals surface area contributed by atoms with Crippen LogP contribution in [0.25, 0.3) is 0 Å². The van der Waals surface area contributed by atoms with Crippen LogP contribution in [0, 0.1) is 11.6 Å². The smallest absolute Gasteiger partial charge is 0.187 e. The Morgan fingerprint density at radius 1 is 0.842 bits per heavy atom. The van der Waals surface area contributed by atoms with Gasteiger partial charge in [0.1, 0.15) is 5.75 Å². The Balaban J connectivity index is 1.94. The molecular formula is C14H13F2NO2. The van der Waals surface area contributed by atoms with E-state index in [9.17, 15) is 8.78 Å². The Morgan fingerprint density at radius 3 is 1.95 bits per heavy atom. The van der Waals surface area contributed by atoms with Gasteiger partial charge >= 0.3 is 0 Å². The number of rotatable bonds is 4. The van der Waals surface area contributed by atoms with Crippen LogP contribution >= 0.6 is 0 Å². The third kappa shape index (κ3) is 3.42. The number of phenols is 2. The van der Waals surface area contributed by atoms with Crippen molar-refractivity contribution in [3.05, 3.63) is 59.2 Å². The highest BCUT2D eigenvalue weighted by Gasteiger charge is 2.09. The van der Waals surface area contributed by atoms with Crippen LogP contribution in [0.1, 0.15) is 11.1 Å². The second-order valence-electron chi connectivity index (χ2n) is 4.18. The van der Waals surface area contributed by atoms with E-state index in [1.165, 1.54) is 0 Å². The molecular weight excluding hydrogens is 252 g/mol. The van der Waals surface area contributed by atoms with Crippen LogP contribution in [0.3, 0.4) is 0 Å². The van der Waals surface area contributed by atoms with Gasteiger partial charge in [-0.25, -0.2) is 8.78 Å². The highest BCUT2D eigenvalue weighted by molar-refractivity contribution is 5.30. The lowest BCUT2D eigenvalue weighted by Crippen LogP contribution is -2.13. The van der Waals surface area contributed by atoms with E-state index in [1.807, 2.05) is 0 Å². The summed E-state index contributed by atoms with van der Waals surface area (Å²) >= 11 is 0. The van der Waals surface area contributed by atoms with Gasteiger partial charge in [-0.2, -0.15) is 0 Å². The first-order chi connectivity index (χ1) is 9.06. The first kappa shape index (κ1) is 13.3. The van der Waals surface area contributed by atoms with Crippen molar-refractivity contribution in [3.63, 3.8) is 0 Å². The second-order valence-corrected chi connectivity index (χ2v) is 4.18. The number of halogens is 2. The molecule has 0 aliphatic carbocycles. The minimum Gasteiger partial charge on any atom is -0.508 e. The Labute approximate surface area is 109 Å². The van der Waals surface area contributed by atoms with E-state index in [1.54, 1.807) is 24.3 Å². The molecule has 0 saturated heterocycles. The minimum atomic E-state index is -0.971. The number of aromatic hydroxyl groups is 2. The first-order valence-electron chi connectivity index (χ1n) is 5.72. The molecule has 0 saturated carbocycles. The van der Waals surface area contributed by atoms with Crippen molar-refractivity contribution < 1.29 is 19.0 Å². The molecule has 0 unspecified atom stereocenters. The Kier molecular flexibility index (Phi) is 3.97. The van der Waals surface area contributed by atoms with Gasteiger partial charge in [0.2, 0.25) is 0 Å². The van der Waals surface area contributed by atoms with Gasteiger partial charge in [0.05, 0.1) is 0 Å². The van der Waals surface area contributed by atoms with Crippen molar-refractivity contribution in [1.29, 1.82) is 0 Å². The summed E-state index contributed by atoms with van der Waals surface area (Å²) in [5.74, 6) is -2.71. The summed E-state index contributed by atoms with van der Waals surface area (Å²) in [5, 5.41) is 21.1. The molecule has 5 heteroatoms. The summed E-state index contributed by atoms with van der Waals surface area (Å²) in [6.07, 6.45) is 0. The van der Waals surface area contributed by atoms with Crippen LogP contribution in [0.15, 0.2) is 36.4 Å². The average Bonchev–Trinajstić information content (AvgIpc) is 2.38. The highest BCUT2D eigenvalue weighted by atomic mass is 19.1. The predicted molar refractivity (Wildman–Crippen MR) is 66.7 cm³/mol. The molecule has 0 fully saturated rings. The molecule has 0 heterocycles. The van der Waals surface area contributed by atoms with Gasteiger partial charge in [-0.05, 0) is 35.4 Å². The van der Waals surface area contributed by atoms with Gasteiger partial charge < -0.3 is 15.5 Å². The average molecular weight is 265 g/mol. The fraction of sp³-hybridized carbons (Fsp3) is 0.143. The molecule has 0 radical (unpaired) electrons. The van der Waals surface area contributed by atoms with Crippen LogP contribution in [0.4, 0.5) is 8.78 Å². The molecule has 0 bridgehead atoms. The van der Waals surface area contributed by atoms with Gasteiger partial charge in [-0.1, -0.05) is 12.1 Å². The molecule has 0 aliphatic rings. The third-order valence-corrected chi connectivity index (χ3v) is 2.67. The van der Waals surface area contributed by atoms with E-state index in [0.29, 0.717) is 12.1 Å². The number of phenolic OH excluding ortho intramolecular Hbond substituents is 2. The number of nitrogens with one attached hydrogen (secondary N) is 1. The Bertz CT molecular complexity index is 547. The highest BCUT2D eigenvalue weighted by Crippen LogP contribution is 2.21. The number of hydrogen-bond acceptors (Lipinski definition) is 3. The lowest BCUT2D eigenvalue weighted by molar-refractivity contribution is 0.395. The third-order valence-electron chi connectivity index (χ3n) is 2.67. The fourth-order valence-corrected chi connectivity index (χ4v) is 1.69. The zero-order chi connectivity index (χ0) is 13.8. The molecule has 0 atom stereocenters. The molecule has 0 aromatic heterocycles. The van der Waals surface area contributed by atoms with Crippen molar-refractivity contribution >= 4 is 0 Å². The van der Waals surface area contributed by atoms with Gasteiger partial charge in [0.25, 0.3) is 0 Å². The topological polar surface area (TPSA) is 52.5 Å². The molecule has 2 aromatic rings. The van der Waals surface area contributed by atoms with Gasteiger partial charge in [0.15, 0.2) is 17.4 Å². The monoisotopic (exact) mass is 265 g/mol. The second kappa shape index (κ2) is 5.67. The van der Waals surface area contributed by atoms with Crippen LogP contribution in [0.2, 0.25) is 0 Å². The van der Waals surface area contributed by atoms with Crippen molar-refractivity contribution in [2.75, 3.05) is 0 Å². The Hall–Kier alpha value is -2.14. The standard InChI is InChI=1S/C14H13F2NO2/c15-12-5-10(6-13(16)14(12)19)8-17-7-9-1-3-11(18)4-2-9/h1-6,17-19H,7-8H2. The van der Waals surface area contributed by atoms with E-state index in [0.717, 1.165) is 17.7 Å². The van der Waals surface area contributed by atoms with E-state index in [2.05, 4.69) is 5.32 Å². The first-order valence-corrected chi connectivity index (χ1v) is 5.72. The summed E-state index contributed by atoms with van der Waals surface area (Å²) < 4.78 is 26.2. The maximum absolute atomic E-state index is 13.1. The van der Waals surface area contributed by atoms with Crippen molar-refractivity contribution in [2.24, 2.45) is 0 Å². The summed E-state index contributed by atoms with van der Waals surface area (Å²) in [5.41, 5.74) is 1.35. The SMILES string of the molecule is Oc1ccc(CNCc2cc(F)c(O)c(F)c2)cc1. The number of benzene rings is 2. The quantitative estimate of drug-likeness (QED) is 0.796. The Morgan fingerprint density at radius 2 is 1.37 bits per heavy atom. The fourth-order valence-electron chi connectivity index (χ4n) is 1.69. The largest absolute Gasteiger partial charge is 0.508 e. The summed E-state index contributed by atoms with van der Waals surface area (Å²) in [4.78, 5) is 0. The molecule has 2 aromatic carbocycles. The molecule has 0 amide bonds. The van der Waals surface area contributed by atoms with E-state index >= 15 is 0 Å². The number of hydrogen-bond donors (Lipinski definition) is 3. The van der Waals surface area contributed by atoms with Crippen LogP contribution in [-0.2, 0) is 13.1 Å². The van der Waals surface area contributed by atoms with E-state index < -0.39 is 17.4 Å². The molecule has 2 rings (SSSR count). The molecule has 3 nitrogen and oxygen atoms in total. The molecule has 3 N–H and O–H groups in total. The van der Waals surface area contributed by atoms with Crippen molar-refractivity contribution in [3.8, 4) is 11.5 Å². The van der Waals surface area contributed by atoms with Crippen molar-refractivity contribution in [1.82, 2.24) is 5.32 Å². The molecule has 0 aliphatic heterocycles. The molecule has 0 spiro atoms. The zero-order valence-electron chi connectivity index (χ0n) is 10.0. The van der Waals surface area contributed by atoms with Gasteiger partial charge in [-0.3, -0.25) is 0 Å². The van der Waals surface area contributed by atoms with Crippen LogP contribution < -0.4 is 5.32 Å². The summed E-state index contributed by atoms with van der Waals surface area (Å²) in [6, 6.07) is 8.80. The maximum atomic E-state index is 13.1. The normalized spacial score (nSPS) is 10.6. The maximum Gasteiger partial charge on any atom is 0.187 e. The lowest BCUT2D eigenvalue weighted by atomic mass is 10.2. The van der Waals surface area contributed by atoms with Gasteiger partial charge in [-0.15, -0.1) is 0 Å². The molecule has 100 valence electrons. The van der Waals surface area contributed by atoms with Gasteiger partial charge in [0, 0.05) is 13.1 Å². The molecule has 19 heavy (non-hydrogen) atoms. The van der Waals surface area contributed by atoms with E-state index in [4.69, 9.17) is 10.2 Å². The van der Waals surface area contributed by atoms with Crippen LogP contribution in [0.5, 0.6) is 11.5 Å². The lowest BCUT2D eigenvalue weighted by Gasteiger charge is -2.07. The van der Waals surface area contributed by atoms with Crippen molar-refractivity contribution in [2.45, 2.75) is 13.1 Å². The summed E-state index contributed by atoms with van der Waals surface area (Å²) in [6.45, 7) is 0.777. The van der Waals surface area contributed by atoms with Crippen LogP contribution in [-0.4, -0.2) is 10.2 Å². The van der Waals surface area contributed by atoms with E-state index in [-0.39, 0.29) is 12.3 Å².